The average Bonchev–Trinajstić information content (AvgIpc) is 2.88. The highest BCUT2D eigenvalue weighted by atomic mass is 32.2. The van der Waals surface area contributed by atoms with Crippen LogP contribution in [0.3, 0.4) is 0 Å². The summed E-state index contributed by atoms with van der Waals surface area (Å²) in [6.45, 7) is 5.97. The number of carbonyl (C=O) groups is 1. The number of benzene rings is 2. The molecule has 25 heavy (non-hydrogen) atoms. The molecule has 2 aromatic carbocycles. The predicted molar refractivity (Wildman–Crippen MR) is 110 cm³/mol. The van der Waals surface area contributed by atoms with E-state index in [2.05, 4.69) is 44.2 Å². The monoisotopic (exact) mass is 371 g/mol. The van der Waals surface area contributed by atoms with Crippen molar-refractivity contribution in [2.75, 3.05) is 24.6 Å². The molecule has 0 bridgehead atoms. The fraction of sp³-hybridized carbons (Fsp3) is 0.381. The minimum absolute atomic E-state index is 0.183. The zero-order valence-electron chi connectivity index (χ0n) is 14.9. The standard InChI is InChI=1S/C21H25NOS2/c1-3-24-19-11-7-6-10-18(19)21(23)22-13-12-20(25-15-14-22)17-9-5-4-8-16(17)2/h4-11,20H,3,12-15H2,1-2H3. The summed E-state index contributed by atoms with van der Waals surface area (Å²) in [5, 5.41) is 0.485. The Morgan fingerprint density at radius 2 is 1.92 bits per heavy atom. The Kier molecular flexibility index (Phi) is 6.49. The van der Waals surface area contributed by atoms with Crippen molar-refractivity contribution in [2.24, 2.45) is 0 Å². The summed E-state index contributed by atoms with van der Waals surface area (Å²) >= 11 is 3.73. The molecule has 132 valence electrons. The zero-order chi connectivity index (χ0) is 17.6. The first-order chi connectivity index (χ1) is 12.2. The first-order valence-electron chi connectivity index (χ1n) is 8.89. The van der Waals surface area contributed by atoms with Crippen molar-refractivity contribution >= 4 is 29.4 Å². The molecule has 1 fully saturated rings. The molecule has 0 spiro atoms. The van der Waals surface area contributed by atoms with Gasteiger partial charge in [0.1, 0.15) is 0 Å². The minimum atomic E-state index is 0.183. The lowest BCUT2D eigenvalue weighted by molar-refractivity contribution is 0.0763. The molecule has 1 aliphatic rings. The Morgan fingerprint density at radius 3 is 2.72 bits per heavy atom. The number of hydrogen-bond acceptors (Lipinski definition) is 3. The Bertz CT molecular complexity index is 731. The van der Waals surface area contributed by atoms with Crippen molar-refractivity contribution in [1.82, 2.24) is 4.90 Å². The van der Waals surface area contributed by atoms with Crippen LogP contribution in [0, 0.1) is 6.92 Å². The van der Waals surface area contributed by atoms with Crippen LogP contribution in [0.25, 0.3) is 0 Å². The summed E-state index contributed by atoms with van der Waals surface area (Å²) in [5.74, 6) is 2.16. The smallest absolute Gasteiger partial charge is 0.255 e. The van der Waals surface area contributed by atoms with E-state index in [1.165, 1.54) is 11.1 Å². The molecule has 1 heterocycles. The lowest BCUT2D eigenvalue weighted by Crippen LogP contribution is -2.33. The van der Waals surface area contributed by atoms with Crippen LogP contribution in [0.1, 0.15) is 40.1 Å². The average molecular weight is 372 g/mol. The molecular formula is C21H25NOS2. The quantitative estimate of drug-likeness (QED) is 0.669. The van der Waals surface area contributed by atoms with Gasteiger partial charge in [-0.15, -0.1) is 11.8 Å². The number of amides is 1. The van der Waals surface area contributed by atoms with Gasteiger partial charge in [-0.05, 0) is 42.4 Å². The Morgan fingerprint density at radius 1 is 1.16 bits per heavy atom. The van der Waals surface area contributed by atoms with E-state index in [0.29, 0.717) is 5.25 Å². The van der Waals surface area contributed by atoms with Gasteiger partial charge < -0.3 is 4.90 Å². The van der Waals surface area contributed by atoms with Crippen molar-refractivity contribution in [3.63, 3.8) is 0 Å². The van der Waals surface area contributed by atoms with Gasteiger partial charge in [-0.2, -0.15) is 11.8 Å². The molecule has 0 aliphatic carbocycles. The number of nitrogens with zero attached hydrogens (tertiary/aromatic N) is 1. The predicted octanol–water partition coefficient (Wildman–Crippen LogP) is 5.43. The van der Waals surface area contributed by atoms with Gasteiger partial charge in [-0.25, -0.2) is 0 Å². The molecule has 1 atom stereocenters. The highest BCUT2D eigenvalue weighted by molar-refractivity contribution is 7.99. The first kappa shape index (κ1) is 18.4. The van der Waals surface area contributed by atoms with Gasteiger partial charge in [-0.3, -0.25) is 4.79 Å². The third kappa shape index (κ3) is 4.42. The van der Waals surface area contributed by atoms with Gasteiger partial charge in [0.25, 0.3) is 5.91 Å². The molecule has 1 amide bonds. The van der Waals surface area contributed by atoms with Crippen LogP contribution in [0.15, 0.2) is 53.4 Å². The third-order valence-electron chi connectivity index (χ3n) is 4.58. The molecule has 0 N–H and O–H groups in total. The summed E-state index contributed by atoms with van der Waals surface area (Å²) in [7, 11) is 0. The van der Waals surface area contributed by atoms with E-state index in [-0.39, 0.29) is 5.91 Å². The number of rotatable bonds is 4. The minimum Gasteiger partial charge on any atom is -0.338 e. The summed E-state index contributed by atoms with van der Waals surface area (Å²) in [4.78, 5) is 16.2. The number of aryl methyl sites for hydroxylation is 1. The van der Waals surface area contributed by atoms with Gasteiger partial charge in [0.15, 0.2) is 0 Å². The van der Waals surface area contributed by atoms with E-state index < -0.39 is 0 Å². The first-order valence-corrected chi connectivity index (χ1v) is 10.9. The second-order valence-corrected chi connectivity index (χ2v) is 8.84. The number of carbonyl (C=O) groups excluding carboxylic acids is 1. The fourth-order valence-corrected chi connectivity index (χ4v) is 5.39. The van der Waals surface area contributed by atoms with Gasteiger partial charge >= 0.3 is 0 Å². The summed E-state index contributed by atoms with van der Waals surface area (Å²) in [6.07, 6.45) is 1.02. The SMILES string of the molecule is CCSc1ccccc1C(=O)N1CCSC(c2ccccc2C)CC1. The van der Waals surface area contributed by atoms with Gasteiger partial charge in [-0.1, -0.05) is 43.3 Å². The zero-order valence-corrected chi connectivity index (χ0v) is 16.5. The third-order valence-corrected chi connectivity index (χ3v) is 6.85. The number of hydrogen-bond donors (Lipinski definition) is 0. The maximum atomic E-state index is 13.1. The van der Waals surface area contributed by atoms with Crippen LogP contribution in [0.2, 0.25) is 0 Å². The Balaban J connectivity index is 1.73. The molecule has 1 unspecified atom stereocenters. The van der Waals surface area contributed by atoms with E-state index >= 15 is 0 Å². The maximum Gasteiger partial charge on any atom is 0.255 e. The van der Waals surface area contributed by atoms with Crippen molar-refractivity contribution in [1.29, 1.82) is 0 Å². The van der Waals surface area contributed by atoms with Crippen LogP contribution < -0.4 is 0 Å². The van der Waals surface area contributed by atoms with Gasteiger partial charge in [0, 0.05) is 29.0 Å². The van der Waals surface area contributed by atoms with Crippen LogP contribution in [0.4, 0.5) is 0 Å². The van der Waals surface area contributed by atoms with Crippen LogP contribution >= 0.6 is 23.5 Å². The lowest BCUT2D eigenvalue weighted by Gasteiger charge is -2.22. The van der Waals surface area contributed by atoms with E-state index in [0.717, 1.165) is 41.5 Å². The van der Waals surface area contributed by atoms with E-state index in [1.54, 1.807) is 11.8 Å². The molecule has 2 aromatic rings. The van der Waals surface area contributed by atoms with Crippen LogP contribution in [-0.4, -0.2) is 35.4 Å². The van der Waals surface area contributed by atoms with Crippen molar-refractivity contribution in [2.45, 2.75) is 30.4 Å². The number of thioether (sulfide) groups is 2. The molecule has 1 aliphatic heterocycles. The summed E-state index contributed by atoms with van der Waals surface area (Å²) in [6, 6.07) is 16.6. The Labute approximate surface area is 159 Å². The molecule has 0 saturated carbocycles. The highest BCUT2D eigenvalue weighted by Crippen LogP contribution is 2.36. The van der Waals surface area contributed by atoms with Gasteiger partial charge in [0.2, 0.25) is 0 Å². The second-order valence-electron chi connectivity index (χ2n) is 6.23. The van der Waals surface area contributed by atoms with Crippen LogP contribution in [-0.2, 0) is 0 Å². The van der Waals surface area contributed by atoms with Crippen LogP contribution in [0.5, 0.6) is 0 Å². The molecular weight excluding hydrogens is 346 g/mol. The highest BCUT2D eigenvalue weighted by Gasteiger charge is 2.24. The van der Waals surface area contributed by atoms with E-state index in [4.69, 9.17) is 0 Å². The molecule has 3 rings (SSSR count). The molecule has 4 heteroatoms. The normalized spacial score (nSPS) is 18.0. The molecule has 2 nitrogen and oxygen atoms in total. The fourth-order valence-electron chi connectivity index (χ4n) is 3.26. The van der Waals surface area contributed by atoms with E-state index in [9.17, 15) is 4.79 Å². The second kappa shape index (κ2) is 8.81. The van der Waals surface area contributed by atoms with Gasteiger partial charge in [0.05, 0.1) is 5.56 Å². The lowest BCUT2D eigenvalue weighted by atomic mass is 10.0. The molecule has 0 radical (unpaired) electrons. The maximum absolute atomic E-state index is 13.1. The molecule has 0 aromatic heterocycles. The summed E-state index contributed by atoms with van der Waals surface area (Å²) < 4.78 is 0. The Hall–Kier alpha value is -1.39. The van der Waals surface area contributed by atoms with Crippen molar-refractivity contribution < 1.29 is 4.79 Å². The van der Waals surface area contributed by atoms with Crippen molar-refractivity contribution in [3.05, 3.63) is 65.2 Å². The van der Waals surface area contributed by atoms with E-state index in [1.807, 2.05) is 34.9 Å². The van der Waals surface area contributed by atoms with Crippen molar-refractivity contribution in [3.8, 4) is 0 Å². The largest absolute Gasteiger partial charge is 0.338 e. The topological polar surface area (TPSA) is 20.3 Å². The molecule has 1 saturated heterocycles. The summed E-state index contributed by atoms with van der Waals surface area (Å²) in [5.41, 5.74) is 3.63.